The Kier molecular flexibility index (Phi) is 6.30. The van der Waals surface area contributed by atoms with E-state index < -0.39 is 0 Å². The Morgan fingerprint density at radius 2 is 1.75 bits per heavy atom. The van der Waals surface area contributed by atoms with Crippen LogP contribution in [-0.2, 0) is 0 Å². The molecule has 0 saturated carbocycles. The molecular formula is C12H23N4+. The van der Waals surface area contributed by atoms with Gasteiger partial charge >= 0.3 is 0 Å². The van der Waals surface area contributed by atoms with Gasteiger partial charge in [-0.1, -0.05) is 0 Å². The number of hydrogen-bond donors (Lipinski definition) is 1. The van der Waals surface area contributed by atoms with Gasteiger partial charge in [0.05, 0.1) is 17.1 Å². The van der Waals surface area contributed by atoms with Gasteiger partial charge in [0.25, 0.3) is 0 Å². The summed E-state index contributed by atoms with van der Waals surface area (Å²) in [5.41, 5.74) is 4.12. The molecule has 0 spiro atoms. The zero-order chi connectivity index (χ0) is 12.7. The maximum atomic E-state index is 4.38. The summed E-state index contributed by atoms with van der Waals surface area (Å²) in [6.45, 7) is 12.3. The molecule has 1 N–H and O–H groups in total. The van der Waals surface area contributed by atoms with E-state index in [1.807, 2.05) is 39.3 Å². The van der Waals surface area contributed by atoms with E-state index in [1.165, 1.54) is 0 Å². The standard InChI is InChI=1S/C12H23N4/c1-9(13-5)10(2)14-8-15-11(3)12(4)16(6)7/h15H,6,8H2,1-5,7H3/q+1. The summed E-state index contributed by atoms with van der Waals surface area (Å²) in [7, 11) is 3.69. The molecule has 0 aliphatic rings. The van der Waals surface area contributed by atoms with E-state index in [4.69, 9.17) is 0 Å². The van der Waals surface area contributed by atoms with Crippen LogP contribution in [0.25, 0.3) is 0 Å². The molecular weight excluding hydrogens is 200 g/mol. The molecule has 16 heavy (non-hydrogen) atoms. The molecule has 0 aromatic carbocycles. The fourth-order valence-electron chi connectivity index (χ4n) is 0.967. The molecule has 4 heteroatoms. The van der Waals surface area contributed by atoms with E-state index in [1.54, 1.807) is 7.05 Å². The molecule has 0 rings (SSSR count). The molecule has 0 aliphatic carbocycles. The van der Waals surface area contributed by atoms with Gasteiger partial charge in [0, 0.05) is 14.0 Å². The van der Waals surface area contributed by atoms with Gasteiger partial charge < -0.3 is 5.32 Å². The van der Waals surface area contributed by atoms with Crippen molar-refractivity contribution in [2.24, 2.45) is 9.98 Å². The summed E-state index contributed by atoms with van der Waals surface area (Å²) in [6, 6.07) is 0. The fourth-order valence-corrected chi connectivity index (χ4v) is 0.967. The summed E-state index contributed by atoms with van der Waals surface area (Å²) in [6.07, 6.45) is 0. The third-order valence-electron chi connectivity index (χ3n) is 2.63. The predicted molar refractivity (Wildman–Crippen MR) is 71.8 cm³/mol. The Hall–Kier alpha value is -1.45. The van der Waals surface area contributed by atoms with Crippen molar-refractivity contribution in [2.75, 3.05) is 20.8 Å². The summed E-state index contributed by atoms with van der Waals surface area (Å²) in [5, 5.41) is 3.23. The van der Waals surface area contributed by atoms with Crippen molar-refractivity contribution in [1.29, 1.82) is 0 Å². The first-order valence-electron chi connectivity index (χ1n) is 5.30. The molecule has 0 heterocycles. The van der Waals surface area contributed by atoms with E-state index in [-0.39, 0.29) is 0 Å². The molecule has 0 unspecified atom stereocenters. The maximum Gasteiger partial charge on any atom is 0.196 e. The quantitative estimate of drug-likeness (QED) is 0.559. The number of rotatable bonds is 5. The van der Waals surface area contributed by atoms with Crippen LogP contribution in [0.1, 0.15) is 27.7 Å². The molecule has 0 aromatic rings. The zero-order valence-corrected chi connectivity index (χ0v) is 11.3. The normalized spacial score (nSPS) is 14.6. The van der Waals surface area contributed by atoms with Gasteiger partial charge in [-0.05, 0) is 20.8 Å². The average Bonchev–Trinajstić information content (AvgIpc) is 2.26. The largest absolute Gasteiger partial charge is 0.365 e. The van der Waals surface area contributed by atoms with Gasteiger partial charge in [-0.2, -0.15) is 0 Å². The Labute approximate surface area is 98.5 Å². The molecule has 0 aliphatic heterocycles. The van der Waals surface area contributed by atoms with Crippen LogP contribution in [-0.4, -0.2) is 43.5 Å². The summed E-state index contributed by atoms with van der Waals surface area (Å²) < 4.78 is 1.83. The van der Waals surface area contributed by atoms with Crippen molar-refractivity contribution in [1.82, 2.24) is 5.32 Å². The molecule has 4 nitrogen and oxygen atoms in total. The third-order valence-corrected chi connectivity index (χ3v) is 2.63. The second-order valence-electron chi connectivity index (χ2n) is 3.80. The monoisotopic (exact) mass is 223 g/mol. The second-order valence-corrected chi connectivity index (χ2v) is 3.80. The van der Waals surface area contributed by atoms with Crippen LogP contribution in [0.3, 0.4) is 0 Å². The van der Waals surface area contributed by atoms with Crippen molar-refractivity contribution >= 4 is 18.1 Å². The average molecular weight is 223 g/mol. The number of nitrogens with zero attached hydrogens (tertiary/aromatic N) is 3. The highest BCUT2D eigenvalue weighted by Gasteiger charge is 2.02. The second kappa shape index (κ2) is 6.93. The zero-order valence-electron chi connectivity index (χ0n) is 11.3. The van der Waals surface area contributed by atoms with Gasteiger partial charge in [0.1, 0.15) is 20.4 Å². The Balaban J connectivity index is 4.39. The van der Waals surface area contributed by atoms with Crippen LogP contribution < -0.4 is 5.32 Å². The number of nitrogens with one attached hydrogen (secondary N) is 1. The lowest BCUT2D eigenvalue weighted by Gasteiger charge is -2.05. The predicted octanol–water partition coefficient (Wildman–Crippen LogP) is 1.68. The van der Waals surface area contributed by atoms with Crippen molar-refractivity contribution in [3.05, 3.63) is 11.4 Å². The highest BCUT2D eigenvalue weighted by atomic mass is 15.0. The van der Waals surface area contributed by atoms with Crippen LogP contribution in [0, 0.1) is 0 Å². The smallest absolute Gasteiger partial charge is 0.196 e. The molecule has 0 radical (unpaired) electrons. The maximum absolute atomic E-state index is 4.38. The summed E-state index contributed by atoms with van der Waals surface area (Å²) in [5.74, 6) is 0. The topological polar surface area (TPSA) is 39.8 Å². The van der Waals surface area contributed by atoms with Gasteiger partial charge in [-0.15, -0.1) is 0 Å². The minimum Gasteiger partial charge on any atom is -0.365 e. The highest BCUT2D eigenvalue weighted by Crippen LogP contribution is 1.98. The molecule has 0 fully saturated rings. The van der Waals surface area contributed by atoms with Gasteiger partial charge in [-0.25, -0.2) is 4.58 Å². The first-order valence-corrected chi connectivity index (χ1v) is 5.30. The SMILES string of the molecule is C=[N+](C)C(C)=C(C)NCN=C(C)C(C)=NC. The first-order chi connectivity index (χ1) is 7.40. The van der Waals surface area contributed by atoms with Crippen molar-refractivity contribution in [3.8, 4) is 0 Å². The van der Waals surface area contributed by atoms with Gasteiger partial charge in [0.2, 0.25) is 0 Å². The van der Waals surface area contributed by atoms with Crippen LogP contribution in [0.5, 0.6) is 0 Å². The minimum absolute atomic E-state index is 0.565. The summed E-state index contributed by atoms with van der Waals surface area (Å²) in [4.78, 5) is 8.46. The number of hydrogen-bond acceptors (Lipinski definition) is 3. The van der Waals surface area contributed by atoms with Crippen LogP contribution in [0.2, 0.25) is 0 Å². The van der Waals surface area contributed by atoms with Crippen molar-refractivity contribution < 1.29 is 4.58 Å². The van der Waals surface area contributed by atoms with E-state index >= 15 is 0 Å². The van der Waals surface area contributed by atoms with Crippen molar-refractivity contribution in [3.63, 3.8) is 0 Å². The van der Waals surface area contributed by atoms with Crippen LogP contribution in [0.4, 0.5) is 0 Å². The van der Waals surface area contributed by atoms with Crippen molar-refractivity contribution in [2.45, 2.75) is 27.7 Å². The van der Waals surface area contributed by atoms with E-state index in [9.17, 15) is 0 Å². The molecule has 0 atom stereocenters. The number of aliphatic imine (C=N–C) groups is 2. The molecule has 90 valence electrons. The lowest BCUT2D eigenvalue weighted by Crippen LogP contribution is -2.18. The van der Waals surface area contributed by atoms with E-state index in [0.29, 0.717) is 6.67 Å². The fraction of sp³-hybridized carbons (Fsp3) is 0.583. The Bertz CT molecular complexity index is 348. The Morgan fingerprint density at radius 1 is 1.19 bits per heavy atom. The Morgan fingerprint density at radius 3 is 2.19 bits per heavy atom. The molecule has 0 aromatic heterocycles. The minimum atomic E-state index is 0.565. The van der Waals surface area contributed by atoms with Gasteiger partial charge in [-0.3, -0.25) is 9.98 Å². The molecule has 0 bridgehead atoms. The van der Waals surface area contributed by atoms with Gasteiger partial charge in [0.15, 0.2) is 5.70 Å². The molecule has 0 saturated heterocycles. The first kappa shape index (κ1) is 14.6. The van der Waals surface area contributed by atoms with Crippen LogP contribution in [0.15, 0.2) is 21.4 Å². The van der Waals surface area contributed by atoms with Crippen LogP contribution >= 0.6 is 0 Å². The highest BCUT2D eigenvalue weighted by molar-refractivity contribution is 6.40. The summed E-state index contributed by atoms with van der Waals surface area (Å²) >= 11 is 0. The third kappa shape index (κ3) is 4.87. The van der Waals surface area contributed by atoms with E-state index in [0.717, 1.165) is 22.8 Å². The molecule has 0 amide bonds. The lowest BCUT2D eigenvalue weighted by molar-refractivity contribution is -0.435. The lowest BCUT2D eigenvalue weighted by atomic mass is 10.3. The van der Waals surface area contributed by atoms with E-state index in [2.05, 4.69) is 22.0 Å². The number of allylic oxidation sites excluding steroid dienone is 2.